The van der Waals surface area contributed by atoms with Crippen molar-refractivity contribution in [3.8, 4) is 0 Å². The Morgan fingerprint density at radius 1 is 1.07 bits per heavy atom. The van der Waals surface area contributed by atoms with Crippen molar-refractivity contribution in [1.29, 1.82) is 0 Å². The van der Waals surface area contributed by atoms with Gasteiger partial charge in [0, 0.05) is 16.6 Å². The van der Waals surface area contributed by atoms with Crippen LogP contribution < -0.4 is 0 Å². The molecule has 0 amide bonds. The van der Waals surface area contributed by atoms with Crippen molar-refractivity contribution in [2.75, 3.05) is 0 Å². The summed E-state index contributed by atoms with van der Waals surface area (Å²) in [5.41, 5.74) is 5.11. The third-order valence-electron chi connectivity index (χ3n) is 2.59. The van der Waals surface area contributed by atoms with Crippen molar-refractivity contribution in [2.45, 2.75) is 34.0 Å². The number of fused-ring (bicyclic) bond motifs is 2. The third-order valence-corrected chi connectivity index (χ3v) is 2.59. The van der Waals surface area contributed by atoms with Gasteiger partial charge in [-0.05, 0) is 36.2 Å². The molecule has 2 aromatic rings. The van der Waals surface area contributed by atoms with E-state index in [1.807, 2.05) is 13.8 Å². The normalized spacial score (nSPS) is 13.5. The van der Waals surface area contributed by atoms with Crippen molar-refractivity contribution >= 4 is 10.9 Å². The average Bonchev–Trinajstić information content (AvgIpc) is 2.81. The van der Waals surface area contributed by atoms with Gasteiger partial charge in [-0.15, -0.1) is 0 Å². The summed E-state index contributed by atoms with van der Waals surface area (Å²) in [5.74, 6) is 0. The number of rotatable bonds is 0. The highest BCUT2D eigenvalue weighted by Crippen LogP contribution is 2.25. The summed E-state index contributed by atoms with van der Waals surface area (Å²) in [7, 11) is 0. The molecule has 15 heavy (non-hydrogen) atoms. The quantitative estimate of drug-likeness (QED) is 0.696. The van der Waals surface area contributed by atoms with E-state index in [1.54, 1.807) is 0 Å². The highest BCUT2D eigenvalue weighted by molar-refractivity contribution is 5.82. The smallest absolute Gasteiger partial charge is 0.0725 e. The van der Waals surface area contributed by atoms with E-state index < -0.39 is 0 Å². The Morgan fingerprint density at radius 3 is 2.47 bits per heavy atom. The predicted octanol–water partition coefficient (Wildman–Crippen LogP) is 3.53. The molecule has 0 aliphatic carbocycles. The zero-order valence-corrected chi connectivity index (χ0v) is 9.55. The molecular formula is C13H17NO. The first-order chi connectivity index (χ1) is 7.33. The fourth-order valence-electron chi connectivity index (χ4n) is 1.96. The zero-order valence-electron chi connectivity index (χ0n) is 9.55. The van der Waals surface area contributed by atoms with Gasteiger partial charge in [-0.1, -0.05) is 13.8 Å². The zero-order chi connectivity index (χ0) is 10.8. The summed E-state index contributed by atoms with van der Waals surface area (Å²) in [5, 5.41) is 1.29. The maximum Gasteiger partial charge on any atom is 0.0725 e. The third kappa shape index (κ3) is 1.77. The second-order valence-electron chi connectivity index (χ2n) is 3.65. The summed E-state index contributed by atoms with van der Waals surface area (Å²) in [6.07, 6.45) is 0. The Morgan fingerprint density at radius 2 is 1.73 bits per heavy atom. The lowest BCUT2D eigenvalue weighted by molar-refractivity contribution is 0.134. The van der Waals surface area contributed by atoms with Crippen LogP contribution in [-0.4, -0.2) is 4.98 Å². The molecule has 1 aromatic heterocycles. The predicted molar refractivity (Wildman–Crippen MR) is 62.9 cm³/mol. The second-order valence-corrected chi connectivity index (χ2v) is 3.65. The van der Waals surface area contributed by atoms with Gasteiger partial charge in [0.1, 0.15) is 0 Å². The van der Waals surface area contributed by atoms with E-state index in [9.17, 15) is 0 Å². The van der Waals surface area contributed by atoms with Crippen LogP contribution in [0.4, 0.5) is 0 Å². The molecule has 2 nitrogen and oxygen atoms in total. The molecule has 80 valence electrons. The number of nitrogens with one attached hydrogen (secondary N) is 1. The fraction of sp³-hybridized carbons (Fsp3) is 0.385. The van der Waals surface area contributed by atoms with Crippen LogP contribution in [0.1, 0.15) is 30.7 Å². The van der Waals surface area contributed by atoms with E-state index in [0.29, 0.717) is 0 Å². The van der Waals surface area contributed by atoms with Crippen LogP contribution in [0, 0.1) is 6.92 Å². The lowest BCUT2D eigenvalue weighted by Gasteiger charge is -1.95. The maximum absolute atomic E-state index is 5.37. The van der Waals surface area contributed by atoms with E-state index in [0.717, 1.165) is 13.2 Å². The van der Waals surface area contributed by atoms with Crippen LogP contribution in [0.5, 0.6) is 0 Å². The molecule has 0 bridgehead atoms. The first-order valence-corrected chi connectivity index (χ1v) is 5.52. The van der Waals surface area contributed by atoms with Gasteiger partial charge in [0.25, 0.3) is 0 Å². The number of H-pyrrole nitrogens is 1. The number of hydrogen-bond acceptors (Lipinski definition) is 1. The molecule has 0 radical (unpaired) electrons. The molecular weight excluding hydrogens is 186 g/mol. The van der Waals surface area contributed by atoms with Gasteiger partial charge in [-0.25, -0.2) is 0 Å². The van der Waals surface area contributed by atoms with E-state index in [4.69, 9.17) is 4.74 Å². The van der Waals surface area contributed by atoms with Crippen LogP contribution in [0.2, 0.25) is 0 Å². The summed E-state index contributed by atoms with van der Waals surface area (Å²) in [4.78, 5) is 3.33. The molecule has 0 spiro atoms. The lowest BCUT2D eigenvalue weighted by atomic mass is 10.1. The average molecular weight is 203 g/mol. The first kappa shape index (κ1) is 10.2. The SMILES string of the molecule is CC.Cc1cc2cc3c(cc2[nH]1)COC3. The highest BCUT2D eigenvalue weighted by atomic mass is 16.5. The van der Waals surface area contributed by atoms with Crippen LogP contribution in [-0.2, 0) is 18.0 Å². The minimum absolute atomic E-state index is 0.767. The molecule has 1 aromatic carbocycles. The number of ether oxygens (including phenoxy) is 1. The Bertz CT molecular complexity index is 430. The monoisotopic (exact) mass is 203 g/mol. The number of aromatic nitrogens is 1. The fourth-order valence-corrected chi connectivity index (χ4v) is 1.96. The molecule has 1 N–H and O–H groups in total. The van der Waals surface area contributed by atoms with Gasteiger partial charge in [0.2, 0.25) is 0 Å². The molecule has 0 unspecified atom stereocenters. The Balaban J connectivity index is 0.000000404. The van der Waals surface area contributed by atoms with Gasteiger partial charge < -0.3 is 9.72 Å². The maximum atomic E-state index is 5.37. The summed E-state index contributed by atoms with van der Waals surface area (Å²) in [6, 6.07) is 6.60. The van der Waals surface area contributed by atoms with E-state index >= 15 is 0 Å². The lowest BCUT2D eigenvalue weighted by Crippen LogP contribution is -1.81. The molecule has 2 heterocycles. The molecule has 0 atom stereocenters. The van der Waals surface area contributed by atoms with Crippen molar-refractivity contribution in [3.05, 3.63) is 35.0 Å². The molecule has 3 rings (SSSR count). The number of aryl methyl sites for hydroxylation is 1. The van der Waals surface area contributed by atoms with E-state index in [2.05, 4.69) is 30.1 Å². The minimum atomic E-state index is 0.767. The van der Waals surface area contributed by atoms with Crippen molar-refractivity contribution in [3.63, 3.8) is 0 Å². The number of aromatic amines is 1. The Kier molecular flexibility index (Phi) is 2.78. The Labute approximate surface area is 90.3 Å². The summed E-state index contributed by atoms with van der Waals surface area (Å²) >= 11 is 0. The van der Waals surface area contributed by atoms with Gasteiger partial charge >= 0.3 is 0 Å². The molecule has 0 saturated carbocycles. The summed E-state index contributed by atoms with van der Waals surface area (Å²) < 4.78 is 5.37. The van der Waals surface area contributed by atoms with Gasteiger partial charge in [-0.3, -0.25) is 0 Å². The van der Waals surface area contributed by atoms with E-state index in [1.165, 1.54) is 27.7 Å². The van der Waals surface area contributed by atoms with Crippen LogP contribution in [0.25, 0.3) is 10.9 Å². The van der Waals surface area contributed by atoms with Crippen molar-refractivity contribution < 1.29 is 4.74 Å². The number of benzene rings is 1. The van der Waals surface area contributed by atoms with Crippen LogP contribution in [0.15, 0.2) is 18.2 Å². The summed E-state index contributed by atoms with van der Waals surface area (Å²) in [6.45, 7) is 7.63. The molecule has 0 fully saturated rings. The highest BCUT2D eigenvalue weighted by Gasteiger charge is 2.12. The standard InChI is InChI=1S/C11H11NO.C2H6/c1-7-2-8-3-9-5-13-6-10(9)4-11(8)12-7;1-2/h2-4,12H,5-6H2,1H3;1-2H3. The largest absolute Gasteiger partial charge is 0.372 e. The van der Waals surface area contributed by atoms with Crippen LogP contribution >= 0.6 is 0 Å². The topological polar surface area (TPSA) is 25.0 Å². The molecule has 1 aliphatic rings. The number of hydrogen-bond donors (Lipinski definition) is 1. The van der Waals surface area contributed by atoms with Crippen LogP contribution in [0.3, 0.4) is 0 Å². The van der Waals surface area contributed by atoms with Gasteiger partial charge in [0.15, 0.2) is 0 Å². The minimum Gasteiger partial charge on any atom is -0.372 e. The second kappa shape index (κ2) is 4.07. The van der Waals surface area contributed by atoms with Crippen molar-refractivity contribution in [2.24, 2.45) is 0 Å². The Hall–Kier alpha value is -1.28. The van der Waals surface area contributed by atoms with Gasteiger partial charge in [0.05, 0.1) is 13.2 Å². The molecule has 1 aliphatic heterocycles. The first-order valence-electron chi connectivity index (χ1n) is 5.52. The van der Waals surface area contributed by atoms with Crippen molar-refractivity contribution in [1.82, 2.24) is 4.98 Å². The van der Waals surface area contributed by atoms with Gasteiger partial charge in [-0.2, -0.15) is 0 Å². The molecule has 0 saturated heterocycles. The molecule has 2 heteroatoms. The van der Waals surface area contributed by atoms with E-state index in [-0.39, 0.29) is 0 Å².